The molecule has 0 unspecified atom stereocenters. The summed E-state index contributed by atoms with van der Waals surface area (Å²) < 4.78 is 1.66. The van der Waals surface area contributed by atoms with Crippen LogP contribution >= 0.6 is 0 Å². The van der Waals surface area contributed by atoms with Crippen molar-refractivity contribution < 1.29 is 0 Å². The lowest BCUT2D eigenvalue weighted by Gasteiger charge is -2.05. The zero-order chi connectivity index (χ0) is 11.7. The van der Waals surface area contributed by atoms with E-state index in [0.717, 1.165) is 16.5 Å². The highest BCUT2D eigenvalue weighted by Gasteiger charge is 2.07. The minimum Gasteiger partial charge on any atom is -0.282 e. The van der Waals surface area contributed by atoms with Crippen molar-refractivity contribution >= 4 is 16.7 Å². The fraction of sp³-hybridized carbons (Fsp3) is 0. The normalized spacial score (nSPS) is 10.6. The molecule has 0 aliphatic heterocycles. The predicted octanol–water partition coefficient (Wildman–Crippen LogP) is 2.91. The third kappa shape index (κ3) is 1.61. The first-order chi connectivity index (χ1) is 8.36. The van der Waals surface area contributed by atoms with Crippen molar-refractivity contribution in [2.75, 3.05) is 0 Å². The summed E-state index contributed by atoms with van der Waals surface area (Å²) in [5, 5.41) is 13.5. The van der Waals surface area contributed by atoms with E-state index in [4.69, 9.17) is 5.41 Å². The summed E-state index contributed by atoms with van der Waals surface area (Å²) in [5.74, 6) is 0.395. The number of hydrogen-bond acceptors (Lipinski definition) is 2. The van der Waals surface area contributed by atoms with Crippen molar-refractivity contribution in [3.63, 3.8) is 0 Å². The maximum atomic E-state index is 8.17. The summed E-state index contributed by atoms with van der Waals surface area (Å²) in [6, 6.07) is 17.5. The van der Waals surface area contributed by atoms with Crippen LogP contribution in [0, 0.1) is 5.41 Å². The van der Waals surface area contributed by atoms with Crippen molar-refractivity contribution in [3.8, 4) is 0 Å². The summed E-state index contributed by atoms with van der Waals surface area (Å²) in [7, 11) is 0. The first kappa shape index (κ1) is 9.78. The monoisotopic (exact) mass is 221 g/mol. The van der Waals surface area contributed by atoms with Gasteiger partial charge in [0.1, 0.15) is 0 Å². The van der Waals surface area contributed by atoms with Gasteiger partial charge in [-0.1, -0.05) is 48.5 Å². The first-order valence-corrected chi connectivity index (χ1v) is 5.43. The lowest BCUT2D eigenvalue weighted by molar-refractivity contribution is 0.954. The number of aromatic nitrogens is 2. The Balaban J connectivity index is 2.14. The van der Waals surface area contributed by atoms with Crippen LogP contribution in [-0.4, -0.2) is 15.6 Å². The van der Waals surface area contributed by atoms with Crippen LogP contribution in [0.3, 0.4) is 0 Å². The van der Waals surface area contributed by atoms with Gasteiger partial charge in [-0.3, -0.25) is 5.41 Å². The number of fused-ring (bicyclic) bond motifs is 1. The minimum atomic E-state index is 0.395. The third-order valence-electron chi connectivity index (χ3n) is 2.74. The molecule has 1 aromatic heterocycles. The van der Waals surface area contributed by atoms with Crippen molar-refractivity contribution in [1.29, 1.82) is 5.41 Å². The van der Waals surface area contributed by atoms with Crippen LogP contribution in [0.5, 0.6) is 0 Å². The molecular formula is C14H11N3. The van der Waals surface area contributed by atoms with E-state index in [2.05, 4.69) is 5.10 Å². The van der Waals surface area contributed by atoms with E-state index in [1.807, 2.05) is 54.6 Å². The van der Waals surface area contributed by atoms with E-state index in [1.165, 1.54) is 0 Å². The van der Waals surface area contributed by atoms with Crippen molar-refractivity contribution in [3.05, 3.63) is 66.4 Å². The molecule has 0 atom stereocenters. The average molecular weight is 221 g/mol. The molecule has 0 fully saturated rings. The molecule has 0 aliphatic carbocycles. The summed E-state index contributed by atoms with van der Waals surface area (Å²) in [6.07, 6.45) is 1.78. The second kappa shape index (κ2) is 3.87. The molecule has 0 radical (unpaired) electrons. The van der Waals surface area contributed by atoms with Gasteiger partial charge < -0.3 is 0 Å². The zero-order valence-corrected chi connectivity index (χ0v) is 9.17. The van der Waals surface area contributed by atoms with Gasteiger partial charge in [-0.25, -0.2) is 4.68 Å². The molecule has 0 bridgehead atoms. The van der Waals surface area contributed by atoms with Gasteiger partial charge >= 0.3 is 0 Å². The second-order valence-electron chi connectivity index (χ2n) is 3.83. The molecule has 0 saturated carbocycles. The molecule has 3 rings (SSSR count). The molecule has 1 N–H and O–H groups in total. The highest BCUT2D eigenvalue weighted by atomic mass is 15.3. The molecule has 3 heteroatoms. The van der Waals surface area contributed by atoms with Gasteiger partial charge in [-0.15, -0.1) is 0 Å². The Morgan fingerprint density at radius 1 is 0.941 bits per heavy atom. The molecule has 3 aromatic rings. The van der Waals surface area contributed by atoms with Gasteiger partial charge in [0.15, 0.2) is 5.84 Å². The Kier molecular flexibility index (Phi) is 2.22. The zero-order valence-electron chi connectivity index (χ0n) is 9.17. The van der Waals surface area contributed by atoms with E-state index in [-0.39, 0.29) is 0 Å². The third-order valence-corrected chi connectivity index (χ3v) is 2.74. The van der Waals surface area contributed by atoms with Crippen LogP contribution in [0.4, 0.5) is 0 Å². The smallest absolute Gasteiger partial charge is 0.153 e. The molecule has 0 spiro atoms. The fourth-order valence-corrected chi connectivity index (χ4v) is 1.87. The number of hydrogen-bond donors (Lipinski definition) is 1. The molecule has 0 saturated heterocycles. The second-order valence-corrected chi connectivity index (χ2v) is 3.83. The quantitative estimate of drug-likeness (QED) is 0.498. The van der Waals surface area contributed by atoms with Crippen molar-refractivity contribution in [2.24, 2.45) is 0 Å². The van der Waals surface area contributed by atoms with Crippen LogP contribution in [-0.2, 0) is 0 Å². The van der Waals surface area contributed by atoms with Gasteiger partial charge in [-0.05, 0) is 6.07 Å². The maximum absolute atomic E-state index is 8.17. The van der Waals surface area contributed by atoms with E-state index in [0.29, 0.717) is 5.84 Å². The molecule has 0 aliphatic rings. The number of nitrogens with one attached hydrogen (secondary N) is 1. The fourth-order valence-electron chi connectivity index (χ4n) is 1.87. The van der Waals surface area contributed by atoms with E-state index >= 15 is 0 Å². The minimum absolute atomic E-state index is 0.395. The van der Waals surface area contributed by atoms with E-state index < -0.39 is 0 Å². The van der Waals surface area contributed by atoms with Crippen molar-refractivity contribution in [2.45, 2.75) is 0 Å². The van der Waals surface area contributed by atoms with Crippen LogP contribution in [0.1, 0.15) is 5.56 Å². The molecule has 2 aromatic carbocycles. The average Bonchev–Trinajstić information content (AvgIpc) is 2.83. The lowest BCUT2D eigenvalue weighted by atomic mass is 10.2. The van der Waals surface area contributed by atoms with Gasteiger partial charge in [0, 0.05) is 10.9 Å². The number of para-hydroxylation sites is 1. The lowest BCUT2D eigenvalue weighted by Crippen LogP contribution is -2.13. The molecule has 1 heterocycles. The van der Waals surface area contributed by atoms with Gasteiger partial charge in [0.25, 0.3) is 0 Å². The van der Waals surface area contributed by atoms with Crippen LogP contribution < -0.4 is 0 Å². The largest absolute Gasteiger partial charge is 0.282 e. The first-order valence-electron chi connectivity index (χ1n) is 5.43. The molecular weight excluding hydrogens is 210 g/mol. The number of nitrogens with zero attached hydrogens (tertiary/aromatic N) is 2. The Bertz CT molecular complexity index is 668. The Morgan fingerprint density at radius 3 is 2.47 bits per heavy atom. The standard InChI is InChI=1S/C14H11N3/c15-14(11-6-2-1-3-7-11)17-13-9-5-4-8-12(13)10-16-17/h1-10,15H. The van der Waals surface area contributed by atoms with Crippen LogP contribution in [0.2, 0.25) is 0 Å². The molecule has 82 valence electrons. The molecule has 17 heavy (non-hydrogen) atoms. The summed E-state index contributed by atoms with van der Waals surface area (Å²) >= 11 is 0. The Morgan fingerprint density at radius 2 is 1.65 bits per heavy atom. The maximum Gasteiger partial charge on any atom is 0.153 e. The Labute approximate surface area is 98.8 Å². The van der Waals surface area contributed by atoms with Gasteiger partial charge in [0.05, 0.1) is 11.7 Å². The summed E-state index contributed by atoms with van der Waals surface area (Å²) in [4.78, 5) is 0. The van der Waals surface area contributed by atoms with Gasteiger partial charge in [-0.2, -0.15) is 5.10 Å². The summed E-state index contributed by atoms with van der Waals surface area (Å²) in [6.45, 7) is 0. The topological polar surface area (TPSA) is 41.7 Å². The predicted molar refractivity (Wildman–Crippen MR) is 68.4 cm³/mol. The number of benzene rings is 2. The highest BCUT2D eigenvalue weighted by Crippen LogP contribution is 2.14. The van der Waals surface area contributed by atoms with Crippen LogP contribution in [0.25, 0.3) is 10.9 Å². The van der Waals surface area contributed by atoms with Crippen molar-refractivity contribution in [1.82, 2.24) is 9.78 Å². The van der Waals surface area contributed by atoms with E-state index in [1.54, 1.807) is 10.9 Å². The SMILES string of the molecule is N=C(c1ccccc1)n1ncc2ccccc21. The molecule has 3 nitrogen and oxygen atoms in total. The van der Waals surface area contributed by atoms with Gasteiger partial charge in [0.2, 0.25) is 0 Å². The highest BCUT2D eigenvalue weighted by molar-refractivity contribution is 6.02. The Hall–Kier alpha value is -2.42. The number of rotatable bonds is 1. The molecule has 0 amide bonds. The van der Waals surface area contributed by atoms with E-state index in [9.17, 15) is 0 Å². The van der Waals surface area contributed by atoms with Crippen LogP contribution in [0.15, 0.2) is 60.8 Å². The summed E-state index contributed by atoms with van der Waals surface area (Å²) in [5.41, 5.74) is 1.82.